The zero-order valence-electron chi connectivity index (χ0n) is 8.74. The molecule has 2 rings (SSSR count). The van der Waals surface area contributed by atoms with Crippen LogP contribution in [-0.2, 0) is 6.42 Å². The first-order valence-corrected chi connectivity index (χ1v) is 5.82. The molecule has 0 amide bonds. The van der Waals surface area contributed by atoms with Gasteiger partial charge in [-0.05, 0) is 12.5 Å². The van der Waals surface area contributed by atoms with Gasteiger partial charge in [-0.25, -0.2) is 4.79 Å². The molecule has 0 saturated carbocycles. The van der Waals surface area contributed by atoms with Crippen molar-refractivity contribution in [2.75, 3.05) is 0 Å². The van der Waals surface area contributed by atoms with Gasteiger partial charge >= 0.3 is 5.97 Å². The molecule has 2 N–H and O–H groups in total. The molecule has 0 fully saturated rings. The monoisotopic (exact) mass is 237 g/mol. The lowest BCUT2D eigenvalue weighted by Gasteiger charge is -1.93. The van der Waals surface area contributed by atoms with Crippen molar-refractivity contribution in [3.63, 3.8) is 0 Å². The minimum atomic E-state index is -1.19. The lowest BCUT2D eigenvalue weighted by atomic mass is 10.2. The largest absolute Gasteiger partial charge is 0.477 e. The van der Waals surface area contributed by atoms with E-state index in [2.05, 4.69) is 11.9 Å². The quantitative estimate of drug-likeness (QED) is 0.860. The number of pyridine rings is 1. The molecular formula is C11H11NO3S. The van der Waals surface area contributed by atoms with Gasteiger partial charge in [0.05, 0.1) is 5.39 Å². The second kappa shape index (κ2) is 4.09. The molecule has 84 valence electrons. The van der Waals surface area contributed by atoms with Gasteiger partial charge < -0.3 is 10.1 Å². The maximum atomic E-state index is 11.8. The fourth-order valence-electron chi connectivity index (χ4n) is 1.59. The first-order valence-electron chi connectivity index (χ1n) is 5.01. The van der Waals surface area contributed by atoms with Gasteiger partial charge in [0.2, 0.25) is 5.43 Å². The third-order valence-electron chi connectivity index (χ3n) is 2.35. The van der Waals surface area contributed by atoms with E-state index >= 15 is 0 Å². The number of aromatic amines is 1. The molecule has 2 aromatic rings. The number of hydrogen-bond acceptors (Lipinski definition) is 3. The lowest BCUT2D eigenvalue weighted by molar-refractivity contribution is 0.0695. The summed E-state index contributed by atoms with van der Waals surface area (Å²) < 4.78 is 0. The van der Waals surface area contributed by atoms with Gasteiger partial charge in [-0.2, -0.15) is 0 Å². The maximum absolute atomic E-state index is 11.8. The molecular weight excluding hydrogens is 226 g/mol. The van der Waals surface area contributed by atoms with Crippen LogP contribution in [0.2, 0.25) is 0 Å². The molecule has 16 heavy (non-hydrogen) atoms. The van der Waals surface area contributed by atoms with Crippen molar-refractivity contribution >= 4 is 27.5 Å². The zero-order valence-corrected chi connectivity index (χ0v) is 9.56. The Balaban J connectivity index is 2.65. The fraction of sp³-hybridized carbons (Fsp3) is 0.273. The van der Waals surface area contributed by atoms with Gasteiger partial charge in [0.15, 0.2) is 0 Å². The highest BCUT2D eigenvalue weighted by atomic mass is 32.1. The van der Waals surface area contributed by atoms with E-state index in [1.807, 2.05) is 0 Å². The minimum absolute atomic E-state index is 0.201. The van der Waals surface area contributed by atoms with Gasteiger partial charge in [-0.15, -0.1) is 11.3 Å². The second-order valence-electron chi connectivity index (χ2n) is 3.54. The van der Waals surface area contributed by atoms with Crippen molar-refractivity contribution in [3.05, 3.63) is 32.9 Å². The predicted octanol–water partition coefficient (Wildman–Crippen LogP) is 2.24. The Kier molecular flexibility index (Phi) is 2.78. The van der Waals surface area contributed by atoms with E-state index in [0.29, 0.717) is 5.39 Å². The van der Waals surface area contributed by atoms with Crippen molar-refractivity contribution in [1.29, 1.82) is 0 Å². The first kappa shape index (κ1) is 10.9. The standard InChI is InChI=1S/C11H11NO3S/c1-2-3-6-4-7-9(13)8(11(14)15)5-12-10(7)16-6/h4-5H,2-3H2,1H3,(H,12,13)(H,14,15). The Morgan fingerprint density at radius 1 is 1.56 bits per heavy atom. The number of carboxylic acids is 1. The summed E-state index contributed by atoms with van der Waals surface area (Å²) in [5.41, 5.74) is -0.604. The van der Waals surface area contributed by atoms with Gasteiger partial charge in [0.25, 0.3) is 0 Å². The van der Waals surface area contributed by atoms with Crippen molar-refractivity contribution in [1.82, 2.24) is 4.98 Å². The van der Waals surface area contributed by atoms with Crippen molar-refractivity contribution < 1.29 is 9.90 Å². The number of nitrogens with one attached hydrogen (secondary N) is 1. The molecule has 0 aliphatic carbocycles. The van der Waals surface area contributed by atoms with E-state index in [1.54, 1.807) is 6.07 Å². The number of H-pyrrole nitrogens is 1. The van der Waals surface area contributed by atoms with Crippen LogP contribution in [-0.4, -0.2) is 16.1 Å². The van der Waals surface area contributed by atoms with Gasteiger partial charge in [-0.3, -0.25) is 4.79 Å². The first-order chi connectivity index (χ1) is 7.63. The molecule has 2 heterocycles. The molecule has 5 heteroatoms. The smallest absolute Gasteiger partial charge is 0.341 e. The molecule has 2 aromatic heterocycles. The Labute approximate surface area is 95.6 Å². The Bertz CT molecular complexity index is 597. The van der Waals surface area contributed by atoms with E-state index in [9.17, 15) is 9.59 Å². The van der Waals surface area contributed by atoms with Crippen LogP contribution in [0.1, 0.15) is 28.6 Å². The average molecular weight is 237 g/mol. The summed E-state index contributed by atoms with van der Waals surface area (Å²) in [5, 5.41) is 9.30. The molecule has 4 nitrogen and oxygen atoms in total. The zero-order chi connectivity index (χ0) is 11.7. The average Bonchev–Trinajstić information content (AvgIpc) is 2.62. The highest BCUT2D eigenvalue weighted by Gasteiger charge is 2.13. The molecule has 0 saturated heterocycles. The summed E-state index contributed by atoms with van der Waals surface area (Å²) >= 11 is 1.51. The second-order valence-corrected chi connectivity index (χ2v) is 4.68. The highest BCUT2D eigenvalue weighted by Crippen LogP contribution is 2.22. The van der Waals surface area contributed by atoms with Crippen molar-refractivity contribution in [2.45, 2.75) is 19.8 Å². The normalized spacial score (nSPS) is 10.8. The predicted molar refractivity (Wildman–Crippen MR) is 63.4 cm³/mol. The van der Waals surface area contributed by atoms with Crippen LogP contribution in [0.15, 0.2) is 17.1 Å². The van der Waals surface area contributed by atoms with Crippen LogP contribution in [0.5, 0.6) is 0 Å². The summed E-state index contributed by atoms with van der Waals surface area (Å²) in [4.78, 5) is 27.3. The van der Waals surface area contributed by atoms with E-state index in [-0.39, 0.29) is 5.56 Å². The number of aromatic nitrogens is 1. The van der Waals surface area contributed by atoms with E-state index in [1.165, 1.54) is 17.5 Å². The van der Waals surface area contributed by atoms with Crippen LogP contribution in [0.3, 0.4) is 0 Å². The summed E-state index contributed by atoms with van der Waals surface area (Å²) in [6, 6.07) is 1.79. The summed E-state index contributed by atoms with van der Waals surface area (Å²) in [6.07, 6.45) is 3.18. The topological polar surface area (TPSA) is 70.2 Å². The number of aromatic carboxylic acids is 1. The highest BCUT2D eigenvalue weighted by molar-refractivity contribution is 7.18. The maximum Gasteiger partial charge on any atom is 0.341 e. The van der Waals surface area contributed by atoms with Gasteiger partial charge in [-0.1, -0.05) is 13.3 Å². The van der Waals surface area contributed by atoms with Crippen molar-refractivity contribution in [3.8, 4) is 0 Å². The molecule has 0 aliphatic heterocycles. The Hall–Kier alpha value is -1.62. The SMILES string of the molecule is CCCc1cc2c(=O)c(C(=O)O)c[nH]c2s1. The Morgan fingerprint density at radius 3 is 2.94 bits per heavy atom. The number of carboxylic acid groups (broad SMARTS) is 1. The van der Waals surface area contributed by atoms with Crippen LogP contribution in [0.25, 0.3) is 10.2 Å². The molecule has 0 spiro atoms. The molecule has 0 unspecified atom stereocenters. The van der Waals surface area contributed by atoms with Crippen LogP contribution >= 0.6 is 11.3 Å². The number of carbonyl (C=O) groups is 1. The molecule has 0 bridgehead atoms. The number of thiophene rings is 1. The summed E-state index contributed by atoms with van der Waals surface area (Å²) in [5.74, 6) is -1.19. The molecule has 0 aliphatic rings. The molecule has 0 aromatic carbocycles. The number of fused-ring (bicyclic) bond motifs is 1. The van der Waals surface area contributed by atoms with Gasteiger partial charge in [0, 0.05) is 11.1 Å². The lowest BCUT2D eigenvalue weighted by Crippen LogP contribution is -2.14. The number of aryl methyl sites for hydroxylation is 1. The summed E-state index contributed by atoms with van der Waals surface area (Å²) in [6.45, 7) is 2.06. The third kappa shape index (κ3) is 1.74. The molecule has 0 atom stereocenters. The van der Waals surface area contributed by atoms with E-state index < -0.39 is 11.4 Å². The van der Waals surface area contributed by atoms with E-state index in [4.69, 9.17) is 5.11 Å². The minimum Gasteiger partial charge on any atom is -0.477 e. The number of hydrogen-bond donors (Lipinski definition) is 2. The van der Waals surface area contributed by atoms with E-state index in [0.717, 1.165) is 22.5 Å². The number of rotatable bonds is 3. The van der Waals surface area contributed by atoms with Crippen LogP contribution < -0.4 is 5.43 Å². The third-order valence-corrected chi connectivity index (χ3v) is 3.47. The van der Waals surface area contributed by atoms with Crippen molar-refractivity contribution in [2.24, 2.45) is 0 Å². The fourth-order valence-corrected chi connectivity index (χ4v) is 2.72. The molecule has 0 radical (unpaired) electrons. The van der Waals surface area contributed by atoms with Gasteiger partial charge in [0.1, 0.15) is 10.4 Å². The van der Waals surface area contributed by atoms with Crippen LogP contribution in [0.4, 0.5) is 0 Å². The summed E-state index contributed by atoms with van der Waals surface area (Å²) in [7, 11) is 0. The Morgan fingerprint density at radius 2 is 2.31 bits per heavy atom. The van der Waals surface area contributed by atoms with Crippen LogP contribution in [0, 0.1) is 0 Å².